The largest absolute Gasteiger partial charge is 0.497 e. The summed E-state index contributed by atoms with van der Waals surface area (Å²) < 4.78 is 29.5. The zero-order chi connectivity index (χ0) is 21.6. The number of nitrogens with one attached hydrogen (secondary N) is 2. The van der Waals surface area contributed by atoms with Crippen molar-refractivity contribution in [2.24, 2.45) is 4.99 Å². The van der Waals surface area contributed by atoms with Gasteiger partial charge in [-0.25, -0.2) is 9.38 Å². The first kappa shape index (κ1) is 27.1. The molecular formula is C23H33FIN3O3. The van der Waals surface area contributed by atoms with Crippen LogP contribution < -0.4 is 15.4 Å². The molecule has 0 atom stereocenters. The molecule has 2 N–H and O–H groups in total. The van der Waals surface area contributed by atoms with Gasteiger partial charge < -0.3 is 24.8 Å². The molecule has 2 aromatic rings. The maximum absolute atomic E-state index is 13.8. The van der Waals surface area contributed by atoms with E-state index in [9.17, 15) is 4.39 Å². The van der Waals surface area contributed by atoms with Crippen LogP contribution in [0.2, 0.25) is 0 Å². The van der Waals surface area contributed by atoms with Crippen LogP contribution in [0.3, 0.4) is 0 Å². The first-order chi connectivity index (χ1) is 14.7. The fraction of sp³-hybridized carbons (Fsp3) is 0.435. The van der Waals surface area contributed by atoms with Gasteiger partial charge in [-0.1, -0.05) is 18.2 Å². The van der Waals surface area contributed by atoms with E-state index in [1.54, 1.807) is 26.4 Å². The van der Waals surface area contributed by atoms with E-state index in [1.807, 2.05) is 31.2 Å². The van der Waals surface area contributed by atoms with Crippen molar-refractivity contribution >= 4 is 29.9 Å². The second-order valence-electron chi connectivity index (χ2n) is 6.70. The maximum atomic E-state index is 13.8. The van der Waals surface area contributed by atoms with Crippen molar-refractivity contribution < 1.29 is 18.6 Å². The number of aliphatic imine (C=N–C) groups is 1. The minimum atomic E-state index is -0.267. The van der Waals surface area contributed by atoms with E-state index < -0.39 is 0 Å². The second-order valence-corrected chi connectivity index (χ2v) is 6.70. The van der Waals surface area contributed by atoms with E-state index in [2.05, 4.69) is 15.6 Å². The van der Waals surface area contributed by atoms with Crippen molar-refractivity contribution in [2.45, 2.75) is 33.0 Å². The molecule has 0 amide bonds. The summed E-state index contributed by atoms with van der Waals surface area (Å²) in [6, 6.07) is 12.9. The molecule has 0 heterocycles. The van der Waals surface area contributed by atoms with Gasteiger partial charge >= 0.3 is 0 Å². The van der Waals surface area contributed by atoms with Crippen LogP contribution in [0.5, 0.6) is 5.75 Å². The van der Waals surface area contributed by atoms with Crippen LogP contribution in [0, 0.1) is 5.82 Å². The molecule has 0 radical (unpaired) electrons. The molecule has 31 heavy (non-hydrogen) atoms. The molecule has 0 aromatic heterocycles. The number of rotatable bonds is 12. The quantitative estimate of drug-likeness (QED) is 0.181. The van der Waals surface area contributed by atoms with E-state index in [4.69, 9.17) is 14.2 Å². The lowest BCUT2D eigenvalue weighted by atomic mass is 10.1. The standard InChI is InChI=1S/C23H32FN3O3.HI/c1-4-30-13-5-12-25-23(26-15-18-6-9-21(29-3)10-7-18)27-16-19-8-11-22(24)20(14-19)17-28-2;/h6-11,14H,4-5,12-13,15-17H2,1-3H3,(H2,25,26,27);1H. The topological polar surface area (TPSA) is 64.1 Å². The maximum Gasteiger partial charge on any atom is 0.191 e. The Hall–Kier alpha value is -1.91. The predicted octanol–water partition coefficient (Wildman–Crippen LogP) is 4.26. The zero-order valence-corrected chi connectivity index (χ0v) is 20.8. The number of methoxy groups -OCH3 is 2. The number of halogens is 2. The smallest absolute Gasteiger partial charge is 0.191 e. The molecule has 0 unspecified atom stereocenters. The number of hydrogen-bond donors (Lipinski definition) is 2. The molecule has 6 nitrogen and oxygen atoms in total. The van der Waals surface area contributed by atoms with Crippen LogP contribution in [0.15, 0.2) is 47.5 Å². The minimum absolute atomic E-state index is 0. The summed E-state index contributed by atoms with van der Waals surface area (Å²) in [4.78, 5) is 4.66. The summed E-state index contributed by atoms with van der Waals surface area (Å²) in [6.45, 7) is 5.43. The Balaban J connectivity index is 0.00000480. The van der Waals surface area contributed by atoms with E-state index in [0.717, 1.165) is 29.8 Å². The molecule has 2 aromatic carbocycles. The summed E-state index contributed by atoms with van der Waals surface area (Å²) >= 11 is 0. The van der Waals surface area contributed by atoms with Crippen LogP contribution in [0.4, 0.5) is 4.39 Å². The van der Waals surface area contributed by atoms with Crippen LogP contribution in [0.25, 0.3) is 0 Å². The van der Waals surface area contributed by atoms with E-state index in [-0.39, 0.29) is 36.4 Å². The third-order valence-corrected chi connectivity index (χ3v) is 4.41. The van der Waals surface area contributed by atoms with Gasteiger partial charge in [0, 0.05) is 39.0 Å². The monoisotopic (exact) mass is 545 g/mol. The molecule has 0 aliphatic heterocycles. The molecular weight excluding hydrogens is 512 g/mol. The van der Waals surface area contributed by atoms with Crippen molar-refractivity contribution in [1.82, 2.24) is 10.6 Å². The van der Waals surface area contributed by atoms with Gasteiger partial charge in [0.15, 0.2) is 5.96 Å². The highest BCUT2D eigenvalue weighted by atomic mass is 127. The van der Waals surface area contributed by atoms with E-state index >= 15 is 0 Å². The summed E-state index contributed by atoms with van der Waals surface area (Å²) in [5.41, 5.74) is 2.56. The number of ether oxygens (including phenoxy) is 3. The fourth-order valence-electron chi connectivity index (χ4n) is 2.79. The molecule has 0 aliphatic carbocycles. The Morgan fingerprint density at radius 3 is 2.45 bits per heavy atom. The molecule has 0 saturated heterocycles. The average molecular weight is 545 g/mol. The third kappa shape index (κ3) is 10.3. The molecule has 8 heteroatoms. The van der Waals surface area contributed by atoms with Crippen molar-refractivity contribution in [2.75, 3.05) is 34.0 Å². The molecule has 0 saturated carbocycles. The van der Waals surface area contributed by atoms with Gasteiger partial charge in [-0.15, -0.1) is 24.0 Å². The van der Waals surface area contributed by atoms with Gasteiger partial charge in [-0.05, 0) is 48.7 Å². The fourth-order valence-corrected chi connectivity index (χ4v) is 2.79. The molecule has 0 bridgehead atoms. The summed E-state index contributed by atoms with van der Waals surface area (Å²) in [5.74, 6) is 1.25. The van der Waals surface area contributed by atoms with Gasteiger partial charge in [0.25, 0.3) is 0 Å². The van der Waals surface area contributed by atoms with E-state index in [1.165, 1.54) is 6.07 Å². The highest BCUT2D eigenvalue weighted by molar-refractivity contribution is 14.0. The number of nitrogens with zero attached hydrogens (tertiary/aromatic N) is 1. The lowest BCUT2D eigenvalue weighted by Gasteiger charge is -2.13. The minimum Gasteiger partial charge on any atom is -0.497 e. The molecule has 0 fully saturated rings. The highest BCUT2D eigenvalue weighted by Crippen LogP contribution is 2.13. The third-order valence-electron chi connectivity index (χ3n) is 4.41. The Bertz CT molecular complexity index is 788. The molecule has 0 aliphatic rings. The number of hydrogen-bond acceptors (Lipinski definition) is 4. The van der Waals surface area contributed by atoms with Crippen LogP contribution in [0.1, 0.15) is 30.0 Å². The van der Waals surface area contributed by atoms with Crippen molar-refractivity contribution in [3.8, 4) is 5.75 Å². The molecule has 0 spiro atoms. The van der Waals surface area contributed by atoms with Gasteiger partial charge in [-0.2, -0.15) is 0 Å². The van der Waals surface area contributed by atoms with Crippen LogP contribution in [-0.4, -0.2) is 39.9 Å². The number of guanidine groups is 1. The summed E-state index contributed by atoms with van der Waals surface area (Å²) in [7, 11) is 3.20. The van der Waals surface area contributed by atoms with Crippen molar-refractivity contribution in [1.29, 1.82) is 0 Å². The lowest BCUT2D eigenvalue weighted by molar-refractivity contribution is 0.145. The first-order valence-corrected chi connectivity index (χ1v) is 10.1. The Morgan fingerprint density at radius 1 is 1.03 bits per heavy atom. The lowest BCUT2D eigenvalue weighted by Crippen LogP contribution is -2.37. The van der Waals surface area contributed by atoms with Gasteiger partial charge in [0.2, 0.25) is 0 Å². The Labute approximate surface area is 201 Å². The predicted molar refractivity (Wildman–Crippen MR) is 133 cm³/mol. The number of benzene rings is 2. The first-order valence-electron chi connectivity index (χ1n) is 10.1. The molecule has 172 valence electrons. The Kier molecular flexibility index (Phi) is 13.8. The molecule has 2 rings (SSSR count). The average Bonchev–Trinajstić information content (AvgIpc) is 2.77. The summed E-state index contributed by atoms with van der Waals surface area (Å²) in [6.07, 6.45) is 0.881. The van der Waals surface area contributed by atoms with E-state index in [0.29, 0.717) is 37.8 Å². The highest BCUT2D eigenvalue weighted by Gasteiger charge is 2.05. The zero-order valence-electron chi connectivity index (χ0n) is 18.4. The second kappa shape index (κ2) is 15.8. The van der Waals surface area contributed by atoms with Gasteiger partial charge in [0.1, 0.15) is 11.6 Å². The van der Waals surface area contributed by atoms with Gasteiger partial charge in [-0.3, -0.25) is 0 Å². The summed E-state index contributed by atoms with van der Waals surface area (Å²) in [5, 5.41) is 6.67. The van der Waals surface area contributed by atoms with Gasteiger partial charge in [0.05, 0.1) is 20.3 Å². The Morgan fingerprint density at radius 2 is 1.77 bits per heavy atom. The van der Waals surface area contributed by atoms with Crippen molar-refractivity contribution in [3.63, 3.8) is 0 Å². The normalized spacial score (nSPS) is 11.0. The van der Waals surface area contributed by atoms with Crippen LogP contribution in [-0.2, 0) is 29.2 Å². The van der Waals surface area contributed by atoms with Crippen molar-refractivity contribution in [3.05, 3.63) is 65.0 Å². The van der Waals surface area contributed by atoms with Crippen LogP contribution >= 0.6 is 24.0 Å². The SMILES string of the molecule is CCOCCCNC(=NCc1ccc(F)c(COC)c1)NCc1ccc(OC)cc1.I.